The third-order valence-corrected chi connectivity index (χ3v) is 4.52. The molecule has 2 rings (SSSR count). The molecule has 1 fully saturated rings. The van der Waals surface area contributed by atoms with Crippen molar-refractivity contribution in [2.45, 2.75) is 31.7 Å². The van der Waals surface area contributed by atoms with E-state index in [4.69, 9.17) is 17.3 Å². The van der Waals surface area contributed by atoms with Gasteiger partial charge in [0.15, 0.2) is 0 Å². The van der Waals surface area contributed by atoms with Crippen LogP contribution in [0.2, 0.25) is 5.02 Å². The Labute approximate surface area is 131 Å². The maximum atomic E-state index is 12.0. The number of carbonyl (C=O) groups is 1. The summed E-state index contributed by atoms with van der Waals surface area (Å²) in [5, 5.41) is 3.51. The molecule has 4 nitrogen and oxygen atoms in total. The molecule has 5 heteroatoms. The Balaban J connectivity index is 1.78. The largest absolute Gasteiger partial charge is 0.330 e. The molecule has 21 heavy (non-hydrogen) atoms. The molecular formula is C16H24ClN3O. The second-order valence-corrected chi connectivity index (χ2v) is 6.22. The number of amides is 1. The normalized spacial score (nSPS) is 21.7. The summed E-state index contributed by atoms with van der Waals surface area (Å²) >= 11 is 5.90. The highest BCUT2D eigenvalue weighted by molar-refractivity contribution is 6.30. The summed E-state index contributed by atoms with van der Waals surface area (Å²) in [7, 11) is 2.09. The Morgan fingerprint density at radius 1 is 1.48 bits per heavy atom. The molecule has 3 N–H and O–H groups in total. The van der Waals surface area contributed by atoms with Gasteiger partial charge in [0.25, 0.3) is 0 Å². The topological polar surface area (TPSA) is 58.4 Å². The van der Waals surface area contributed by atoms with E-state index >= 15 is 0 Å². The molecule has 1 aliphatic carbocycles. The van der Waals surface area contributed by atoms with Crippen molar-refractivity contribution in [1.29, 1.82) is 0 Å². The number of anilines is 1. The lowest BCUT2D eigenvalue weighted by Crippen LogP contribution is -2.39. The van der Waals surface area contributed by atoms with Crippen LogP contribution < -0.4 is 11.1 Å². The van der Waals surface area contributed by atoms with E-state index in [0.717, 1.165) is 18.8 Å². The highest BCUT2D eigenvalue weighted by Gasteiger charge is 2.29. The molecule has 1 aliphatic rings. The average Bonchev–Trinajstić information content (AvgIpc) is 2.93. The number of benzene rings is 1. The van der Waals surface area contributed by atoms with E-state index in [-0.39, 0.29) is 5.91 Å². The van der Waals surface area contributed by atoms with Crippen LogP contribution in [0.3, 0.4) is 0 Å². The molecule has 0 spiro atoms. The number of nitrogens with one attached hydrogen (secondary N) is 1. The van der Waals surface area contributed by atoms with Gasteiger partial charge in [0.05, 0.1) is 0 Å². The molecular weight excluding hydrogens is 286 g/mol. The minimum atomic E-state index is 0.0198. The van der Waals surface area contributed by atoms with Gasteiger partial charge in [-0.1, -0.05) is 24.1 Å². The summed E-state index contributed by atoms with van der Waals surface area (Å²) in [6.45, 7) is 1.50. The predicted octanol–water partition coefficient (Wildman–Crippen LogP) is 2.73. The zero-order valence-electron chi connectivity index (χ0n) is 12.5. The summed E-state index contributed by atoms with van der Waals surface area (Å²) in [6, 6.07) is 7.74. The molecule has 0 bridgehead atoms. The van der Waals surface area contributed by atoms with Gasteiger partial charge < -0.3 is 16.0 Å². The van der Waals surface area contributed by atoms with Crippen LogP contribution in [-0.4, -0.2) is 37.0 Å². The zero-order chi connectivity index (χ0) is 15.2. The van der Waals surface area contributed by atoms with E-state index in [9.17, 15) is 4.79 Å². The third kappa shape index (κ3) is 4.70. The van der Waals surface area contributed by atoms with Crippen molar-refractivity contribution in [3.05, 3.63) is 29.3 Å². The number of halogens is 1. The number of nitrogens with zero attached hydrogens (tertiary/aromatic N) is 1. The van der Waals surface area contributed by atoms with Gasteiger partial charge in [-0.05, 0) is 50.6 Å². The second-order valence-electron chi connectivity index (χ2n) is 5.78. The minimum absolute atomic E-state index is 0.0198. The maximum absolute atomic E-state index is 12.0. The average molecular weight is 310 g/mol. The number of hydrogen-bond donors (Lipinski definition) is 2. The molecule has 0 aliphatic heterocycles. The summed E-state index contributed by atoms with van der Waals surface area (Å²) in [5.41, 5.74) is 6.56. The molecule has 2 unspecified atom stereocenters. The van der Waals surface area contributed by atoms with Gasteiger partial charge in [0.1, 0.15) is 0 Å². The van der Waals surface area contributed by atoms with E-state index < -0.39 is 0 Å². The lowest BCUT2D eigenvalue weighted by atomic mass is 10.0. The van der Waals surface area contributed by atoms with Crippen LogP contribution in [0.25, 0.3) is 0 Å². The predicted molar refractivity (Wildman–Crippen MR) is 87.5 cm³/mol. The first kappa shape index (κ1) is 16.3. The fourth-order valence-electron chi connectivity index (χ4n) is 3.11. The highest BCUT2D eigenvalue weighted by atomic mass is 35.5. The molecule has 2 atom stereocenters. The Kier molecular flexibility index (Phi) is 6.03. The van der Waals surface area contributed by atoms with Gasteiger partial charge in [-0.2, -0.15) is 0 Å². The number of nitrogens with two attached hydrogens (primary N) is 1. The van der Waals surface area contributed by atoms with E-state index in [0.29, 0.717) is 23.4 Å². The zero-order valence-corrected chi connectivity index (χ0v) is 13.3. The van der Waals surface area contributed by atoms with Crippen LogP contribution in [0.5, 0.6) is 0 Å². The van der Waals surface area contributed by atoms with E-state index in [2.05, 4.69) is 17.3 Å². The first-order chi connectivity index (χ1) is 10.1. The lowest BCUT2D eigenvalue weighted by Gasteiger charge is -2.28. The number of carbonyl (C=O) groups excluding carboxylic acids is 1. The van der Waals surface area contributed by atoms with Gasteiger partial charge in [0.2, 0.25) is 5.91 Å². The molecule has 0 saturated heterocycles. The SMILES string of the molecule is CN(CCC(=O)Nc1cccc(Cl)c1)C1CCCC1CN. The van der Waals surface area contributed by atoms with Crippen LogP contribution in [0.4, 0.5) is 5.69 Å². The Bertz CT molecular complexity index is 480. The quantitative estimate of drug-likeness (QED) is 0.849. The molecule has 1 amide bonds. The van der Waals surface area contributed by atoms with Crippen molar-refractivity contribution in [1.82, 2.24) is 4.90 Å². The monoisotopic (exact) mass is 309 g/mol. The fourth-order valence-corrected chi connectivity index (χ4v) is 3.30. The molecule has 1 saturated carbocycles. The summed E-state index contributed by atoms with van der Waals surface area (Å²) in [4.78, 5) is 14.3. The van der Waals surface area contributed by atoms with Crippen LogP contribution >= 0.6 is 11.6 Å². The summed E-state index contributed by atoms with van der Waals surface area (Å²) in [6.07, 6.45) is 4.12. The second kappa shape index (κ2) is 7.78. The van der Waals surface area contributed by atoms with Crippen LogP contribution in [-0.2, 0) is 4.79 Å². The third-order valence-electron chi connectivity index (χ3n) is 4.29. The standard InChI is InChI=1S/C16H24ClN3O/c1-20(15-7-2-4-12(15)11-18)9-8-16(21)19-14-6-3-5-13(17)10-14/h3,5-6,10,12,15H,2,4,7-9,11,18H2,1H3,(H,19,21). The summed E-state index contributed by atoms with van der Waals surface area (Å²) in [5.74, 6) is 0.595. The minimum Gasteiger partial charge on any atom is -0.330 e. The molecule has 1 aromatic rings. The molecule has 1 aromatic carbocycles. The summed E-state index contributed by atoms with van der Waals surface area (Å²) < 4.78 is 0. The first-order valence-electron chi connectivity index (χ1n) is 7.56. The molecule has 0 radical (unpaired) electrons. The Hall–Kier alpha value is -1.10. The molecule has 0 heterocycles. The van der Waals surface area contributed by atoms with Gasteiger partial charge >= 0.3 is 0 Å². The number of rotatable bonds is 6. The smallest absolute Gasteiger partial charge is 0.225 e. The Morgan fingerprint density at radius 2 is 2.29 bits per heavy atom. The van der Waals surface area contributed by atoms with E-state index in [1.165, 1.54) is 19.3 Å². The van der Waals surface area contributed by atoms with E-state index in [1.807, 2.05) is 12.1 Å². The van der Waals surface area contributed by atoms with Crippen molar-refractivity contribution in [3.63, 3.8) is 0 Å². The molecule has 116 valence electrons. The van der Waals surface area contributed by atoms with Gasteiger partial charge in [-0.25, -0.2) is 0 Å². The maximum Gasteiger partial charge on any atom is 0.225 e. The number of hydrogen-bond acceptors (Lipinski definition) is 3. The first-order valence-corrected chi connectivity index (χ1v) is 7.93. The Morgan fingerprint density at radius 3 is 3.00 bits per heavy atom. The van der Waals surface area contributed by atoms with E-state index in [1.54, 1.807) is 12.1 Å². The van der Waals surface area contributed by atoms with Gasteiger partial charge in [-0.3, -0.25) is 4.79 Å². The van der Waals surface area contributed by atoms with Crippen LogP contribution in [0.15, 0.2) is 24.3 Å². The highest BCUT2D eigenvalue weighted by Crippen LogP contribution is 2.28. The van der Waals surface area contributed by atoms with Crippen molar-refractivity contribution >= 4 is 23.2 Å². The van der Waals surface area contributed by atoms with Crippen LogP contribution in [0.1, 0.15) is 25.7 Å². The lowest BCUT2D eigenvalue weighted by molar-refractivity contribution is -0.116. The van der Waals surface area contributed by atoms with Crippen molar-refractivity contribution < 1.29 is 4.79 Å². The van der Waals surface area contributed by atoms with Crippen molar-refractivity contribution in [3.8, 4) is 0 Å². The van der Waals surface area contributed by atoms with Crippen molar-refractivity contribution in [2.75, 3.05) is 25.5 Å². The van der Waals surface area contributed by atoms with Gasteiger partial charge in [0, 0.05) is 29.7 Å². The van der Waals surface area contributed by atoms with Crippen LogP contribution in [0, 0.1) is 5.92 Å². The van der Waals surface area contributed by atoms with Crippen molar-refractivity contribution in [2.24, 2.45) is 11.7 Å². The fraction of sp³-hybridized carbons (Fsp3) is 0.562. The van der Waals surface area contributed by atoms with Gasteiger partial charge in [-0.15, -0.1) is 0 Å². The molecule has 0 aromatic heterocycles.